The van der Waals surface area contributed by atoms with Crippen LogP contribution in [-0.2, 0) is 20.2 Å². The predicted molar refractivity (Wildman–Crippen MR) is 120 cm³/mol. The standard InChI is InChI=1S/C24H16O6S2/c1-13-3-9-21-19(11-13)17-7-5-16-15(23(17)29-31(21,25)26)6-8-18-20-12-14(2)4-10-22(20)32(27,28)30-24(16)18/h3-12H,1-2H3. The number of aryl methyl sites for hydroxylation is 2. The van der Waals surface area contributed by atoms with Gasteiger partial charge in [-0.15, -0.1) is 0 Å². The zero-order valence-electron chi connectivity index (χ0n) is 17.0. The maximum atomic E-state index is 12.8. The minimum absolute atomic E-state index is 0.108. The second-order valence-electron chi connectivity index (χ2n) is 8.05. The summed E-state index contributed by atoms with van der Waals surface area (Å²) < 4.78 is 62.3. The summed E-state index contributed by atoms with van der Waals surface area (Å²) in [6, 6.07) is 17.1. The van der Waals surface area contributed by atoms with Crippen LogP contribution in [0.1, 0.15) is 11.1 Å². The van der Waals surface area contributed by atoms with Crippen LogP contribution in [0.3, 0.4) is 0 Å². The van der Waals surface area contributed by atoms with Crippen molar-refractivity contribution in [3.05, 3.63) is 71.8 Å². The number of hydrogen-bond donors (Lipinski definition) is 0. The van der Waals surface area contributed by atoms with Crippen LogP contribution in [-0.4, -0.2) is 16.8 Å². The second-order valence-corrected chi connectivity index (χ2v) is 11.1. The van der Waals surface area contributed by atoms with Gasteiger partial charge in [-0.2, -0.15) is 16.8 Å². The molecular weight excluding hydrogens is 448 g/mol. The van der Waals surface area contributed by atoms with Gasteiger partial charge < -0.3 is 8.37 Å². The molecule has 8 heteroatoms. The lowest BCUT2D eigenvalue weighted by Crippen LogP contribution is -2.18. The van der Waals surface area contributed by atoms with Gasteiger partial charge in [0, 0.05) is 33.0 Å². The lowest BCUT2D eigenvalue weighted by molar-refractivity contribution is 0.482. The van der Waals surface area contributed by atoms with Crippen molar-refractivity contribution in [2.24, 2.45) is 0 Å². The monoisotopic (exact) mass is 464 g/mol. The summed E-state index contributed by atoms with van der Waals surface area (Å²) in [4.78, 5) is 0.215. The Kier molecular flexibility index (Phi) is 3.69. The molecule has 0 saturated heterocycles. The van der Waals surface area contributed by atoms with Gasteiger partial charge in [-0.05, 0) is 62.4 Å². The minimum Gasteiger partial charge on any atom is -0.378 e. The summed E-state index contributed by atoms with van der Waals surface area (Å²) in [6.07, 6.45) is 0. The molecule has 0 aliphatic carbocycles. The summed E-state index contributed by atoms with van der Waals surface area (Å²) in [5.74, 6) is 0.332. The molecule has 2 heterocycles. The molecule has 2 aliphatic rings. The third-order valence-electron chi connectivity index (χ3n) is 5.88. The Hall–Kier alpha value is -3.36. The summed E-state index contributed by atoms with van der Waals surface area (Å²) in [5.41, 5.74) is 4.19. The van der Waals surface area contributed by atoms with Crippen molar-refractivity contribution < 1.29 is 25.2 Å². The number of hydrogen-bond acceptors (Lipinski definition) is 6. The summed E-state index contributed by atoms with van der Waals surface area (Å²) in [7, 11) is -8.04. The molecule has 0 N–H and O–H groups in total. The van der Waals surface area contributed by atoms with E-state index in [0.717, 1.165) is 11.1 Å². The zero-order chi connectivity index (χ0) is 22.4. The highest BCUT2D eigenvalue weighted by Gasteiger charge is 2.34. The van der Waals surface area contributed by atoms with Crippen molar-refractivity contribution in [3.63, 3.8) is 0 Å². The molecule has 2 aliphatic heterocycles. The summed E-state index contributed by atoms with van der Waals surface area (Å²) in [6.45, 7) is 3.77. The molecular formula is C24H16O6S2. The van der Waals surface area contributed by atoms with E-state index >= 15 is 0 Å². The molecule has 4 aromatic carbocycles. The molecule has 0 spiro atoms. The van der Waals surface area contributed by atoms with Crippen LogP contribution < -0.4 is 8.37 Å². The molecule has 0 atom stereocenters. The van der Waals surface area contributed by atoms with E-state index in [1.807, 2.05) is 13.8 Å². The molecule has 6 nitrogen and oxygen atoms in total. The fraction of sp³-hybridized carbons (Fsp3) is 0.0833. The van der Waals surface area contributed by atoms with Crippen molar-refractivity contribution in [1.82, 2.24) is 0 Å². The van der Waals surface area contributed by atoms with Crippen LogP contribution in [0.4, 0.5) is 0 Å². The number of fused-ring (bicyclic) bond motifs is 9. The lowest BCUT2D eigenvalue weighted by atomic mass is 9.94. The molecule has 0 radical (unpaired) electrons. The van der Waals surface area contributed by atoms with Crippen molar-refractivity contribution in [2.75, 3.05) is 0 Å². The zero-order valence-corrected chi connectivity index (χ0v) is 18.7. The average Bonchev–Trinajstić information content (AvgIpc) is 2.72. The third kappa shape index (κ3) is 2.56. The van der Waals surface area contributed by atoms with Gasteiger partial charge in [-0.25, -0.2) is 0 Å². The van der Waals surface area contributed by atoms with Crippen LogP contribution in [0.15, 0.2) is 70.5 Å². The van der Waals surface area contributed by atoms with E-state index in [9.17, 15) is 16.8 Å². The quantitative estimate of drug-likeness (QED) is 0.342. The van der Waals surface area contributed by atoms with Crippen molar-refractivity contribution in [3.8, 4) is 33.8 Å². The molecule has 0 amide bonds. The maximum absolute atomic E-state index is 12.8. The molecule has 0 unspecified atom stereocenters. The summed E-state index contributed by atoms with van der Waals surface area (Å²) >= 11 is 0. The molecule has 0 saturated carbocycles. The fourth-order valence-corrected chi connectivity index (χ4v) is 6.73. The van der Waals surface area contributed by atoms with Gasteiger partial charge in [0.25, 0.3) is 0 Å². The van der Waals surface area contributed by atoms with Gasteiger partial charge in [-0.3, -0.25) is 0 Å². The van der Waals surface area contributed by atoms with Crippen molar-refractivity contribution in [2.45, 2.75) is 23.6 Å². The first kappa shape index (κ1) is 19.3. The topological polar surface area (TPSA) is 86.7 Å². The SMILES string of the molecule is Cc1ccc2c(c1)-c1ccc3c4c(ccc3c1OS2(=O)=O)-c1cc(C)ccc1S(=O)(=O)O4. The maximum Gasteiger partial charge on any atom is 0.339 e. The third-order valence-corrected chi connectivity index (χ3v) is 8.44. The molecule has 0 bridgehead atoms. The minimum atomic E-state index is -4.02. The molecule has 32 heavy (non-hydrogen) atoms. The van der Waals surface area contributed by atoms with E-state index in [0.29, 0.717) is 33.0 Å². The first-order valence-electron chi connectivity index (χ1n) is 9.86. The van der Waals surface area contributed by atoms with Gasteiger partial charge >= 0.3 is 20.2 Å². The van der Waals surface area contributed by atoms with Crippen LogP contribution in [0.25, 0.3) is 33.0 Å². The van der Waals surface area contributed by atoms with Crippen LogP contribution in [0, 0.1) is 13.8 Å². The molecule has 0 aromatic heterocycles. The summed E-state index contributed by atoms with van der Waals surface area (Å²) in [5, 5.41) is 0.923. The van der Waals surface area contributed by atoms with Crippen LogP contribution in [0.2, 0.25) is 0 Å². The van der Waals surface area contributed by atoms with Crippen molar-refractivity contribution >= 4 is 31.0 Å². The Labute approximate surface area is 185 Å². The first-order valence-corrected chi connectivity index (χ1v) is 12.7. The van der Waals surface area contributed by atoms with Gasteiger partial charge in [0.15, 0.2) is 11.5 Å². The van der Waals surface area contributed by atoms with E-state index < -0.39 is 20.2 Å². The molecule has 6 rings (SSSR count). The van der Waals surface area contributed by atoms with Gasteiger partial charge in [0.05, 0.1) is 0 Å². The van der Waals surface area contributed by atoms with Crippen LogP contribution in [0.5, 0.6) is 11.5 Å². The van der Waals surface area contributed by atoms with Gasteiger partial charge in [0.1, 0.15) is 9.79 Å². The Bertz CT molecular complexity index is 1590. The molecule has 4 aromatic rings. The Balaban J connectivity index is 1.70. The second kappa shape index (κ2) is 6.11. The largest absolute Gasteiger partial charge is 0.378 e. The highest BCUT2D eigenvalue weighted by molar-refractivity contribution is 7.87. The van der Waals surface area contributed by atoms with Crippen LogP contribution >= 0.6 is 0 Å². The normalized spacial score (nSPS) is 16.7. The smallest absolute Gasteiger partial charge is 0.339 e. The van der Waals surface area contributed by atoms with Gasteiger partial charge in [0.2, 0.25) is 0 Å². The van der Waals surface area contributed by atoms with Crippen molar-refractivity contribution in [1.29, 1.82) is 0 Å². The lowest BCUT2D eigenvalue weighted by Gasteiger charge is -2.25. The number of benzene rings is 4. The van der Waals surface area contributed by atoms with E-state index in [1.165, 1.54) is 12.1 Å². The first-order chi connectivity index (χ1) is 15.2. The fourth-order valence-electron chi connectivity index (χ4n) is 4.41. The Morgan fingerprint density at radius 2 is 0.938 bits per heavy atom. The molecule has 0 fully saturated rings. The predicted octanol–water partition coefficient (Wildman–Crippen LogP) is 4.95. The highest BCUT2D eigenvalue weighted by atomic mass is 32.2. The highest BCUT2D eigenvalue weighted by Crippen LogP contribution is 2.51. The van der Waals surface area contributed by atoms with E-state index in [1.54, 1.807) is 48.5 Å². The van der Waals surface area contributed by atoms with E-state index in [-0.39, 0.29) is 21.3 Å². The Morgan fingerprint density at radius 1 is 0.531 bits per heavy atom. The Morgan fingerprint density at radius 3 is 1.34 bits per heavy atom. The van der Waals surface area contributed by atoms with E-state index in [4.69, 9.17) is 8.37 Å². The van der Waals surface area contributed by atoms with E-state index in [2.05, 4.69) is 0 Å². The molecule has 160 valence electrons. The number of rotatable bonds is 0. The van der Waals surface area contributed by atoms with Gasteiger partial charge in [-0.1, -0.05) is 23.3 Å². The average molecular weight is 465 g/mol.